The van der Waals surface area contributed by atoms with Gasteiger partial charge < -0.3 is 20.7 Å². The number of rotatable bonds is 11. The molecular formula is C32H51ClN4O2. The van der Waals surface area contributed by atoms with E-state index >= 15 is 0 Å². The normalized spacial score (nSPS) is 17.4. The zero-order valence-corrected chi connectivity index (χ0v) is 24.6. The summed E-state index contributed by atoms with van der Waals surface area (Å²) in [7, 11) is 1.91. The molecular weight excluding hydrogens is 508 g/mol. The number of alkyl halides is 1. The molecule has 0 saturated carbocycles. The maximum atomic E-state index is 11.7. The number of hydrogen-bond donors (Lipinski definition) is 2. The van der Waals surface area contributed by atoms with Crippen molar-refractivity contribution >= 4 is 23.2 Å². The van der Waals surface area contributed by atoms with Crippen molar-refractivity contribution in [1.29, 1.82) is 0 Å². The van der Waals surface area contributed by atoms with Crippen LogP contribution >= 0.6 is 11.6 Å². The van der Waals surface area contributed by atoms with Gasteiger partial charge >= 0.3 is 0 Å². The quantitative estimate of drug-likeness (QED) is 0.0922. The lowest BCUT2D eigenvalue weighted by atomic mass is 10.0. The lowest BCUT2D eigenvalue weighted by Gasteiger charge is -2.16. The molecule has 0 bridgehead atoms. The number of nitrogens with zero attached hydrogens (tertiary/aromatic N) is 2. The van der Waals surface area contributed by atoms with Crippen molar-refractivity contribution in [3.63, 3.8) is 0 Å². The highest BCUT2D eigenvalue weighted by atomic mass is 35.5. The molecule has 2 rings (SSSR count). The van der Waals surface area contributed by atoms with Gasteiger partial charge in [-0.05, 0) is 31.2 Å². The molecule has 0 fully saturated rings. The molecule has 3 N–H and O–H groups in total. The van der Waals surface area contributed by atoms with Crippen molar-refractivity contribution in [2.24, 2.45) is 16.6 Å². The molecule has 7 heteroatoms. The van der Waals surface area contributed by atoms with Crippen molar-refractivity contribution in [2.75, 3.05) is 26.8 Å². The van der Waals surface area contributed by atoms with Crippen molar-refractivity contribution in [1.82, 2.24) is 10.2 Å². The number of allylic oxidation sites excluding steroid dienone is 7. The highest BCUT2D eigenvalue weighted by molar-refractivity contribution is 6.21. The summed E-state index contributed by atoms with van der Waals surface area (Å²) >= 11 is 6.19. The third-order valence-corrected chi connectivity index (χ3v) is 5.63. The van der Waals surface area contributed by atoms with E-state index in [0.29, 0.717) is 31.8 Å². The van der Waals surface area contributed by atoms with Gasteiger partial charge in [0.1, 0.15) is 0 Å². The van der Waals surface area contributed by atoms with Crippen molar-refractivity contribution in [3.05, 3.63) is 97.0 Å². The minimum absolute atomic E-state index is 0. The molecule has 1 amide bonds. The molecule has 1 heterocycles. The van der Waals surface area contributed by atoms with Crippen LogP contribution in [-0.4, -0.2) is 48.9 Å². The van der Waals surface area contributed by atoms with E-state index < -0.39 is 0 Å². The fraction of sp³-hybridized carbons (Fsp3) is 0.438. The number of ether oxygens (including phenoxy) is 1. The van der Waals surface area contributed by atoms with Gasteiger partial charge in [-0.3, -0.25) is 9.79 Å². The van der Waals surface area contributed by atoms with Gasteiger partial charge in [0.05, 0.1) is 13.2 Å². The summed E-state index contributed by atoms with van der Waals surface area (Å²) in [4.78, 5) is 18.1. The number of amides is 1. The SMILES string of the molecule is C.C=CCNC(=O)/C(C)=C/C/C=C\C(C)C1=NC(Cl)N(C)C=CC1.C=CCOCC1=CC=CCC(N)=C1.CC. The average Bonchev–Trinajstić information content (AvgIpc) is 3.23. The number of carbonyl (C=O) groups excluding carboxylic acids is 1. The second-order valence-electron chi connectivity index (χ2n) is 8.42. The predicted molar refractivity (Wildman–Crippen MR) is 172 cm³/mol. The minimum atomic E-state index is -0.352. The summed E-state index contributed by atoms with van der Waals surface area (Å²) in [5, 5.41) is 2.75. The first-order chi connectivity index (χ1) is 18.3. The zero-order chi connectivity index (χ0) is 28.8. The van der Waals surface area contributed by atoms with Crippen LogP contribution < -0.4 is 11.1 Å². The van der Waals surface area contributed by atoms with Gasteiger partial charge in [-0.2, -0.15) is 0 Å². The highest BCUT2D eigenvalue weighted by Gasteiger charge is 2.14. The van der Waals surface area contributed by atoms with E-state index in [1.165, 1.54) is 0 Å². The van der Waals surface area contributed by atoms with Gasteiger partial charge in [0.25, 0.3) is 0 Å². The van der Waals surface area contributed by atoms with E-state index in [4.69, 9.17) is 22.1 Å². The van der Waals surface area contributed by atoms with E-state index in [1.54, 1.807) is 12.2 Å². The summed E-state index contributed by atoms with van der Waals surface area (Å²) in [6.45, 7) is 16.7. The Labute approximate surface area is 243 Å². The monoisotopic (exact) mass is 558 g/mol. The van der Waals surface area contributed by atoms with Crippen molar-refractivity contribution in [2.45, 2.75) is 60.0 Å². The Bertz CT molecular complexity index is 942. The van der Waals surface area contributed by atoms with Crippen LogP contribution in [0.1, 0.15) is 54.4 Å². The largest absolute Gasteiger partial charge is 0.402 e. The molecule has 6 nitrogen and oxygen atoms in total. The predicted octanol–water partition coefficient (Wildman–Crippen LogP) is 7.21. The van der Waals surface area contributed by atoms with E-state index in [-0.39, 0.29) is 24.9 Å². The van der Waals surface area contributed by atoms with E-state index in [2.05, 4.69) is 48.6 Å². The topological polar surface area (TPSA) is 80.0 Å². The Morgan fingerprint density at radius 1 is 1.31 bits per heavy atom. The zero-order valence-electron chi connectivity index (χ0n) is 23.8. The van der Waals surface area contributed by atoms with Crippen LogP contribution in [-0.2, 0) is 9.53 Å². The van der Waals surface area contributed by atoms with Gasteiger partial charge in [-0.1, -0.05) is 94.5 Å². The van der Waals surface area contributed by atoms with Crippen LogP contribution in [0, 0.1) is 5.92 Å². The Balaban J connectivity index is 0. The van der Waals surface area contributed by atoms with Gasteiger partial charge in [-0.25, -0.2) is 0 Å². The molecule has 2 aliphatic rings. The van der Waals surface area contributed by atoms with E-state index in [0.717, 1.165) is 29.8 Å². The maximum absolute atomic E-state index is 11.7. The number of carbonyl (C=O) groups is 1. The molecule has 0 aromatic rings. The molecule has 1 aliphatic carbocycles. The molecule has 2 atom stereocenters. The van der Waals surface area contributed by atoms with Crippen molar-refractivity contribution < 1.29 is 9.53 Å². The van der Waals surface area contributed by atoms with Crippen molar-refractivity contribution in [3.8, 4) is 0 Å². The van der Waals surface area contributed by atoms with Crippen LogP contribution in [0.4, 0.5) is 0 Å². The Morgan fingerprint density at radius 3 is 2.69 bits per heavy atom. The number of hydrogen-bond acceptors (Lipinski definition) is 5. The molecule has 1 aliphatic heterocycles. The number of nitrogens with one attached hydrogen (secondary N) is 1. The highest BCUT2D eigenvalue weighted by Crippen LogP contribution is 2.16. The first-order valence-electron chi connectivity index (χ1n) is 13.1. The average molecular weight is 559 g/mol. The van der Waals surface area contributed by atoms with Crippen LogP contribution in [0.25, 0.3) is 0 Å². The number of halogens is 1. The summed E-state index contributed by atoms with van der Waals surface area (Å²) in [5.41, 5.74) is 9.12. The Hall–Kier alpha value is -3.09. The van der Waals surface area contributed by atoms with Gasteiger partial charge in [0.15, 0.2) is 5.62 Å². The summed E-state index contributed by atoms with van der Waals surface area (Å²) < 4.78 is 5.31. The summed E-state index contributed by atoms with van der Waals surface area (Å²) in [6.07, 6.45) is 23.8. The molecule has 0 radical (unpaired) electrons. The molecule has 0 aromatic heterocycles. The summed E-state index contributed by atoms with van der Waals surface area (Å²) in [5.74, 6) is 0.161. The van der Waals surface area contributed by atoms with Crippen LogP contribution in [0.2, 0.25) is 0 Å². The molecule has 218 valence electrons. The van der Waals surface area contributed by atoms with Gasteiger partial charge in [0, 0.05) is 49.3 Å². The van der Waals surface area contributed by atoms with E-state index in [1.807, 2.05) is 69.3 Å². The third-order valence-electron chi connectivity index (χ3n) is 5.23. The smallest absolute Gasteiger partial charge is 0.246 e. The lowest BCUT2D eigenvalue weighted by molar-refractivity contribution is -0.117. The first kappa shape index (κ1) is 38.1. The lowest BCUT2D eigenvalue weighted by Crippen LogP contribution is -2.23. The molecule has 0 saturated heterocycles. The first-order valence-corrected chi connectivity index (χ1v) is 13.5. The van der Waals surface area contributed by atoms with Crippen LogP contribution in [0.5, 0.6) is 0 Å². The number of nitrogens with two attached hydrogens (primary N) is 1. The fourth-order valence-electron chi connectivity index (χ4n) is 3.12. The molecule has 0 aromatic carbocycles. The summed E-state index contributed by atoms with van der Waals surface area (Å²) in [6, 6.07) is 0. The third kappa shape index (κ3) is 17.9. The van der Waals surface area contributed by atoms with Crippen LogP contribution in [0.3, 0.4) is 0 Å². The molecule has 2 unspecified atom stereocenters. The second kappa shape index (κ2) is 24.0. The Kier molecular flexibility index (Phi) is 23.4. The van der Waals surface area contributed by atoms with Gasteiger partial charge in [-0.15, -0.1) is 13.2 Å². The standard InChI is InChI=1S/C18H26ClN3O.C11H15NO.C2H6.CH4/c1-5-12-20-17(23)15(3)10-7-6-9-14(2)16-11-8-13-22(4)18(19)21-16;1-2-7-13-9-10-5-3-4-6-11(12)8-10;1-2;/h5-6,8-10,13-14,18H,1,7,11-12H2,2-4H3,(H,20,23);2-5,8H,1,6-7,9,12H2;1-2H3;1H4/b9-6-,15-10+;;;. The Morgan fingerprint density at radius 2 is 2.03 bits per heavy atom. The maximum Gasteiger partial charge on any atom is 0.246 e. The minimum Gasteiger partial charge on any atom is -0.402 e. The van der Waals surface area contributed by atoms with Gasteiger partial charge in [0.2, 0.25) is 5.91 Å². The molecule has 0 spiro atoms. The fourth-order valence-corrected chi connectivity index (χ4v) is 3.31. The molecule has 39 heavy (non-hydrogen) atoms. The number of aliphatic imine (C=N–C) groups is 1. The van der Waals surface area contributed by atoms with E-state index in [9.17, 15) is 4.79 Å². The van der Waals surface area contributed by atoms with Crippen LogP contribution in [0.15, 0.2) is 102 Å². The second-order valence-corrected chi connectivity index (χ2v) is 8.81.